The van der Waals surface area contributed by atoms with Crippen LogP contribution in [-0.2, 0) is 24.3 Å². The Labute approximate surface area is 147 Å². The second-order valence-corrected chi connectivity index (χ2v) is 9.68. The van der Waals surface area contributed by atoms with Gasteiger partial charge in [0.15, 0.2) is 0 Å². The molecule has 1 N–H and O–H groups in total. The predicted molar refractivity (Wildman–Crippen MR) is 88.5 cm³/mol. The highest BCUT2D eigenvalue weighted by Gasteiger charge is 2.34. The third-order valence-corrected chi connectivity index (χ3v) is 7.49. The van der Waals surface area contributed by atoms with E-state index in [4.69, 9.17) is 0 Å². The minimum Gasteiger partial charge on any atom is -0.468 e. The summed E-state index contributed by atoms with van der Waals surface area (Å²) >= 11 is 4.39. The molecule has 2 heterocycles. The molecule has 1 aromatic rings. The zero-order chi connectivity index (χ0) is 17.0. The maximum atomic E-state index is 12.6. The van der Waals surface area contributed by atoms with Gasteiger partial charge in [-0.3, -0.25) is 9.59 Å². The van der Waals surface area contributed by atoms with Crippen molar-refractivity contribution < 1.29 is 22.7 Å². The molecule has 0 spiro atoms. The number of halogens is 1. The fraction of sp³-hybridized carbons (Fsp3) is 0.538. The first-order chi connectivity index (χ1) is 10.8. The maximum Gasteiger partial charge on any atom is 0.325 e. The summed E-state index contributed by atoms with van der Waals surface area (Å²) in [5, 5.41) is 2.48. The van der Waals surface area contributed by atoms with Gasteiger partial charge in [-0.1, -0.05) is 0 Å². The van der Waals surface area contributed by atoms with Crippen LogP contribution in [-0.4, -0.2) is 51.3 Å². The van der Waals surface area contributed by atoms with E-state index in [1.807, 2.05) is 0 Å². The maximum absolute atomic E-state index is 12.6. The molecule has 2 rings (SSSR count). The van der Waals surface area contributed by atoms with Gasteiger partial charge in [0.05, 0.1) is 16.8 Å². The summed E-state index contributed by atoms with van der Waals surface area (Å²) in [7, 11) is -2.35. The first kappa shape index (κ1) is 18.4. The molecule has 1 aliphatic rings. The van der Waals surface area contributed by atoms with Gasteiger partial charge in [0, 0.05) is 13.1 Å². The van der Waals surface area contributed by atoms with E-state index in [0.29, 0.717) is 19.4 Å². The number of hydrogen-bond acceptors (Lipinski definition) is 6. The van der Waals surface area contributed by atoms with Crippen LogP contribution >= 0.6 is 27.3 Å². The molecule has 1 fully saturated rings. The second kappa shape index (κ2) is 7.73. The number of carbonyl (C=O) groups is 2. The van der Waals surface area contributed by atoms with Gasteiger partial charge < -0.3 is 10.1 Å². The molecule has 10 heteroatoms. The number of methoxy groups -OCH3 is 1. The molecule has 0 radical (unpaired) electrons. The molecule has 128 valence electrons. The van der Waals surface area contributed by atoms with E-state index in [1.165, 1.54) is 11.4 Å². The molecular formula is C13H17BrN2O5S2. The van der Waals surface area contributed by atoms with Crippen molar-refractivity contribution in [2.75, 3.05) is 26.7 Å². The summed E-state index contributed by atoms with van der Waals surface area (Å²) in [4.78, 5) is 23.1. The molecule has 1 saturated heterocycles. The highest BCUT2D eigenvalue weighted by atomic mass is 79.9. The summed E-state index contributed by atoms with van der Waals surface area (Å²) < 4.78 is 32.0. The second-order valence-electron chi connectivity index (χ2n) is 5.05. The van der Waals surface area contributed by atoms with E-state index in [9.17, 15) is 18.0 Å². The number of piperidine rings is 1. The number of ether oxygens (including phenoxy) is 1. The first-order valence-electron chi connectivity index (χ1n) is 6.94. The van der Waals surface area contributed by atoms with Crippen molar-refractivity contribution >= 4 is 49.2 Å². The summed E-state index contributed by atoms with van der Waals surface area (Å²) in [6, 6.07) is 3.23. The number of carbonyl (C=O) groups excluding carboxylic acids is 2. The molecule has 0 aromatic carbocycles. The van der Waals surface area contributed by atoms with E-state index in [2.05, 4.69) is 26.0 Å². The summed E-state index contributed by atoms with van der Waals surface area (Å²) in [6.07, 6.45) is 1.19. The van der Waals surface area contributed by atoms with Crippen LogP contribution in [0.3, 0.4) is 0 Å². The van der Waals surface area contributed by atoms with Crippen LogP contribution in [0.5, 0.6) is 0 Å². The van der Waals surface area contributed by atoms with Crippen molar-refractivity contribution in [3.63, 3.8) is 0 Å². The minimum absolute atomic E-state index is 0.116. The molecule has 1 aliphatic heterocycles. The zero-order valence-corrected chi connectivity index (χ0v) is 15.7. The molecule has 0 bridgehead atoms. The van der Waals surface area contributed by atoms with Crippen LogP contribution in [0.1, 0.15) is 12.8 Å². The Hall–Kier alpha value is -0.970. The number of nitrogens with zero attached hydrogens (tertiary/aromatic N) is 1. The Bertz CT molecular complexity index is 688. The lowest BCUT2D eigenvalue weighted by Gasteiger charge is -2.30. The molecule has 1 unspecified atom stereocenters. The van der Waals surface area contributed by atoms with Crippen molar-refractivity contribution in [3.8, 4) is 0 Å². The van der Waals surface area contributed by atoms with E-state index < -0.39 is 21.9 Å². The number of rotatable bonds is 5. The van der Waals surface area contributed by atoms with E-state index in [-0.39, 0.29) is 23.2 Å². The van der Waals surface area contributed by atoms with Gasteiger partial charge in [0.25, 0.3) is 10.0 Å². The first-order valence-corrected chi connectivity index (χ1v) is 9.99. The topological polar surface area (TPSA) is 92.8 Å². The van der Waals surface area contributed by atoms with Crippen molar-refractivity contribution in [1.82, 2.24) is 9.62 Å². The van der Waals surface area contributed by atoms with Crippen LogP contribution in [0.2, 0.25) is 0 Å². The molecular weight excluding hydrogens is 408 g/mol. The zero-order valence-electron chi connectivity index (χ0n) is 12.5. The van der Waals surface area contributed by atoms with Gasteiger partial charge in [-0.15, -0.1) is 11.3 Å². The molecule has 23 heavy (non-hydrogen) atoms. The summed E-state index contributed by atoms with van der Waals surface area (Å²) in [5.74, 6) is -1.34. The van der Waals surface area contributed by atoms with E-state index in [0.717, 1.165) is 15.1 Å². The third kappa shape index (κ3) is 4.52. The number of sulfonamides is 1. The number of nitrogens with one attached hydrogen (secondary N) is 1. The molecule has 1 amide bonds. The number of amides is 1. The lowest BCUT2D eigenvalue weighted by molar-refractivity contribution is -0.141. The normalized spacial score (nSPS) is 19.3. The van der Waals surface area contributed by atoms with Gasteiger partial charge in [0.1, 0.15) is 10.8 Å². The van der Waals surface area contributed by atoms with E-state index in [1.54, 1.807) is 12.1 Å². The quantitative estimate of drug-likeness (QED) is 0.716. The summed E-state index contributed by atoms with van der Waals surface area (Å²) in [6.45, 7) is 0.292. The van der Waals surface area contributed by atoms with Crippen LogP contribution in [0.4, 0.5) is 0 Å². The Balaban J connectivity index is 2.03. The predicted octanol–water partition coefficient (Wildman–Crippen LogP) is 1.20. The van der Waals surface area contributed by atoms with Crippen molar-refractivity contribution in [2.24, 2.45) is 5.92 Å². The Morgan fingerprint density at radius 1 is 1.48 bits per heavy atom. The molecule has 7 nitrogen and oxygen atoms in total. The van der Waals surface area contributed by atoms with Crippen LogP contribution < -0.4 is 5.32 Å². The smallest absolute Gasteiger partial charge is 0.325 e. The Morgan fingerprint density at radius 2 is 2.22 bits per heavy atom. The van der Waals surface area contributed by atoms with Crippen molar-refractivity contribution in [1.29, 1.82) is 0 Å². The van der Waals surface area contributed by atoms with Crippen LogP contribution in [0.25, 0.3) is 0 Å². The lowest BCUT2D eigenvalue weighted by Crippen LogP contribution is -2.46. The summed E-state index contributed by atoms with van der Waals surface area (Å²) in [5.41, 5.74) is 0. The van der Waals surface area contributed by atoms with Gasteiger partial charge in [0.2, 0.25) is 5.91 Å². The van der Waals surface area contributed by atoms with Gasteiger partial charge in [-0.05, 0) is 40.9 Å². The monoisotopic (exact) mass is 424 g/mol. The van der Waals surface area contributed by atoms with Crippen LogP contribution in [0, 0.1) is 5.92 Å². The lowest BCUT2D eigenvalue weighted by atomic mass is 9.99. The highest BCUT2D eigenvalue weighted by molar-refractivity contribution is 9.11. The van der Waals surface area contributed by atoms with E-state index >= 15 is 0 Å². The number of esters is 1. The largest absolute Gasteiger partial charge is 0.468 e. The SMILES string of the molecule is COC(=O)CNC(=O)C1CCCN(S(=O)(=O)c2ccc(Br)s2)C1. The molecule has 0 saturated carbocycles. The average Bonchev–Trinajstić information content (AvgIpc) is 2.99. The van der Waals surface area contributed by atoms with Gasteiger partial charge in [-0.25, -0.2) is 8.42 Å². The number of thiophene rings is 1. The van der Waals surface area contributed by atoms with Gasteiger partial charge in [-0.2, -0.15) is 4.31 Å². The molecule has 1 atom stereocenters. The van der Waals surface area contributed by atoms with Gasteiger partial charge >= 0.3 is 5.97 Å². The molecule has 0 aliphatic carbocycles. The Kier molecular flexibility index (Phi) is 6.18. The average molecular weight is 425 g/mol. The Morgan fingerprint density at radius 3 is 2.83 bits per heavy atom. The number of hydrogen-bond donors (Lipinski definition) is 1. The van der Waals surface area contributed by atoms with Crippen molar-refractivity contribution in [3.05, 3.63) is 15.9 Å². The van der Waals surface area contributed by atoms with Crippen molar-refractivity contribution in [2.45, 2.75) is 17.1 Å². The highest BCUT2D eigenvalue weighted by Crippen LogP contribution is 2.30. The molecule has 1 aromatic heterocycles. The fourth-order valence-corrected chi connectivity index (χ4v) is 6.00. The fourth-order valence-electron chi connectivity index (χ4n) is 2.31. The minimum atomic E-state index is -3.59. The standard InChI is InChI=1S/C13H17BrN2O5S2/c1-21-11(17)7-15-13(18)9-3-2-6-16(8-9)23(19,20)12-5-4-10(14)22-12/h4-5,9H,2-3,6-8H2,1H3,(H,15,18). The van der Waals surface area contributed by atoms with Crippen LogP contribution in [0.15, 0.2) is 20.1 Å². The third-order valence-electron chi connectivity index (χ3n) is 3.53.